The van der Waals surface area contributed by atoms with E-state index in [0.717, 1.165) is 10.0 Å². The van der Waals surface area contributed by atoms with Gasteiger partial charge in [0.05, 0.1) is 6.04 Å². The Kier molecular flexibility index (Phi) is 4.88. The van der Waals surface area contributed by atoms with Crippen LogP contribution in [0.15, 0.2) is 41.0 Å². The van der Waals surface area contributed by atoms with Gasteiger partial charge in [0.2, 0.25) is 0 Å². The summed E-state index contributed by atoms with van der Waals surface area (Å²) in [5.41, 5.74) is 3.01. The molecule has 112 valence electrons. The first-order valence-electron chi connectivity index (χ1n) is 7.14. The fraction of sp³-hybridized carbons (Fsp3) is 0.353. The monoisotopic (exact) mass is 348 g/mol. The third-order valence-corrected chi connectivity index (χ3v) is 4.04. The molecule has 0 fully saturated rings. The molecule has 4 heteroatoms. The quantitative estimate of drug-likeness (QED) is 0.858. The summed E-state index contributed by atoms with van der Waals surface area (Å²) in [5.74, 6) is -0.0508. The van der Waals surface area contributed by atoms with Gasteiger partial charge in [-0.1, -0.05) is 24.3 Å². The van der Waals surface area contributed by atoms with Gasteiger partial charge in [-0.3, -0.25) is 4.79 Å². The number of benzene rings is 1. The van der Waals surface area contributed by atoms with Crippen molar-refractivity contribution < 1.29 is 4.79 Å². The number of amides is 1. The molecule has 0 aliphatic heterocycles. The molecule has 1 heterocycles. The number of nitrogens with one attached hydrogen (secondary N) is 1. The number of carbonyl (C=O) groups excluding carboxylic acids is 1. The summed E-state index contributed by atoms with van der Waals surface area (Å²) in [6, 6.07) is 10.2. The highest BCUT2D eigenvalue weighted by atomic mass is 79.9. The highest BCUT2D eigenvalue weighted by Crippen LogP contribution is 2.21. The Hall–Kier alpha value is -1.55. The minimum absolute atomic E-state index is 0.0204. The maximum atomic E-state index is 12.5. The Morgan fingerprint density at radius 2 is 1.90 bits per heavy atom. The average Bonchev–Trinajstić information content (AvgIpc) is 2.81. The summed E-state index contributed by atoms with van der Waals surface area (Å²) in [6.07, 6.45) is 1.94. The summed E-state index contributed by atoms with van der Waals surface area (Å²) < 4.78 is 2.90. The standard InChI is InChI=1S/C17H21BrN2O/c1-11(2)20-10-14(18)9-16(20)17(21)19-13(4)15-8-6-5-7-12(15)3/h5-11,13H,1-4H3,(H,19,21). The second-order valence-corrected chi connectivity index (χ2v) is 6.51. The topological polar surface area (TPSA) is 34.0 Å². The molecule has 3 nitrogen and oxygen atoms in total. The molecule has 0 aliphatic carbocycles. The molecular formula is C17H21BrN2O. The Balaban J connectivity index is 2.20. The molecule has 1 atom stereocenters. The Bertz CT molecular complexity index is 646. The first-order chi connectivity index (χ1) is 9.90. The maximum absolute atomic E-state index is 12.5. The van der Waals surface area contributed by atoms with E-state index in [1.165, 1.54) is 5.56 Å². The van der Waals surface area contributed by atoms with Crippen molar-refractivity contribution in [2.45, 2.75) is 39.8 Å². The lowest BCUT2D eigenvalue weighted by molar-refractivity contribution is 0.0929. The number of halogens is 1. The Labute approximate surface area is 134 Å². The lowest BCUT2D eigenvalue weighted by Crippen LogP contribution is -2.29. The second-order valence-electron chi connectivity index (χ2n) is 5.60. The van der Waals surface area contributed by atoms with Crippen LogP contribution in [0.3, 0.4) is 0 Å². The number of aryl methyl sites for hydroxylation is 1. The Morgan fingerprint density at radius 1 is 1.24 bits per heavy atom. The van der Waals surface area contributed by atoms with E-state index < -0.39 is 0 Å². The van der Waals surface area contributed by atoms with E-state index in [2.05, 4.69) is 54.2 Å². The molecular weight excluding hydrogens is 328 g/mol. The maximum Gasteiger partial charge on any atom is 0.268 e. The van der Waals surface area contributed by atoms with Gasteiger partial charge >= 0.3 is 0 Å². The molecule has 0 radical (unpaired) electrons. The number of rotatable bonds is 4. The molecule has 2 rings (SSSR count). The fourth-order valence-corrected chi connectivity index (χ4v) is 2.91. The van der Waals surface area contributed by atoms with Crippen LogP contribution >= 0.6 is 15.9 Å². The number of hydrogen-bond donors (Lipinski definition) is 1. The van der Waals surface area contributed by atoms with Gasteiger partial charge in [-0.15, -0.1) is 0 Å². The molecule has 0 saturated heterocycles. The van der Waals surface area contributed by atoms with Gasteiger partial charge in [0, 0.05) is 16.7 Å². The van der Waals surface area contributed by atoms with Crippen LogP contribution in [-0.2, 0) is 0 Å². The van der Waals surface area contributed by atoms with Crippen molar-refractivity contribution in [3.8, 4) is 0 Å². The van der Waals surface area contributed by atoms with Crippen molar-refractivity contribution in [3.05, 3.63) is 57.8 Å². The largest absolute Gasteiger partial charge is 0.344 e. The van der Waals surface area contributed by atoms with Crippen molar-refractivity contribution in [1.82, 2.24) is 9.88 Å². The van der Waals surface area contributed by atoms with Crippen LogP contribution in [0.4, 0.5) is 0 Å². The van der Waals surface area contributed by atoms with E-state index in [1.807, 2.05) is 35.9 Å². The molecule has 1 aromatic heterocycles. The van der Waals surface area contributed by atoms with Crippen LogP contribution in [0, 0.1) is 6.92 Å². The van der Waals surface area contributed by atoms with E-state index in [1.54, 1.807) is 0 Å². The third-order valence-electron chi connectivity index (χ3n) is 3.61. The van der Waals surface area contributed by atoms with Crippen LogP contribution in [0.1, 0.15) is 54.5 Å². The predicted molar refractivity (Wildman–Crippen MR) is 89.6 cm³/mol. The lowest BCUT2D eigenvalue weighted by atomic mass is 10.0. The van der Waals surface area contributed by atoms with E-state index in [9.17, 15) is 4.79 Å². The molecule has 0 bridgehead atoms. The van der Waals surface area contributed by atoms with E-state index in [-0.39, 0.29) is 18.0 Å². The number of nitrogens with zero attached hydrogens (tertiary/aromatic N) is 1. The Morgan fingerprint density at radius 3 is 2.52 bits per heavy atom. The van der Waals surface area contributed by atoms with Crippen molar-refractivity contribution in [2.24, 2.45) is 0 Å². The first-order valence-corrected chi connectivity index (χ1v) is 7.93. The molecule has 2 aromatic rings. The summed E-state index contributed by atoms with van der Waals surface area (Å²) in [6.45, 7) is 8.20. The van der Waals surface area contributed by atoms with Gasteiger partial charge in [0.1, 0.15) is 5.69 Å². The predicted octanol–water partition coefficient (Wildman–Crippen LogP) is 4.63. The number of aromatic nitrogens is 1. The highest BCUT2D eigenvalue weighted by molar-refractivity contribution is 9.10. The van der Waals surface area contributed by atoms with Crippen molar-refractivity contribution in [2.75, 3.05) is 0 Å². The lowest BCUT2D eigenvalue weighted by Gasteiger charge is -2.18. The number of carbonyl (C=O) groups is 1. The van der Waals surface area contributed by atoms with Gasteiger partial charge in [-0.25, -0.2) is 0 Å². The zero-order chi connectivity index (χ0) is 15.6. The van der Waals surface area contributed by atoms with Crippen LogP contribution < -0.4 is 5.32 Å². The van der Waals surface area contributed by atoms with E-state index >= 15 is 0 Å². The minimum Gasteiger partial charge on any atom is -0.344 e. The smallest absolute Gasteiger partial charge is 0.268 e. The zero-order valence-corrected chi connectivity index (χ0v) is 14.4. The van der Waals surface area contributed by atoms with Crippen LogP contribution in [0.5, 0.6) is 0 Å². The van der Waals surface area contributed by atoms with Gasteiger partial charge in [0.25, 0.3) is 5.91 Å². The van der Waals surface area contributed by atoms with Crippen LogP contribution in [-0.4, -0.2) is 10.5 Å². The number of hydrogen-bond acceptors (Lipinski definition) is 1. The average molecular weight is 349 g/mol. The zero-order valence-electron chi connectivity index (χ0n) is 12.9. The van der Waals surface area contributed by atoms with Crippen molar-refractivity contribution >= 4 is 21.8 Å². The SMILES string of the molecule is Cc1ccccc1C(C)NC(=O)c1cc(Br)cn1C(C)C. The first kappa shape index (κ1) is 15.8. The molecule has 21 heavy (non-hydrogen) atoms. The van der Waals surface area contributed by atoms with Gasteiger partial charge in [-0.2, -0.15) is 0 Å². The third kappa shape index (κ3) is 3.56. The second kappa shape index (κ2) is 6.48. The molecule has 1 N–H and O–H groups in total. The van der Waals surface area contributed by atoms with E-state index in [4.69, 9.17) is 0 Å². The summed E-state index contributed by atoms with van der Waals surface area (Å²) in [4.78, 5) is 12.5. The molecule has 1 aromatic carbocycles. The summed E-state index contributed by atoms with van der Waals surface area (Å²) >= 11 is 3.44. The molecule has 0 aliphatic rings. The molecule has 0 spiro atoms. The van der Waals surface area contributed by atoms with Gasteiger partial charge in [0.15, 0.2) is 0 Å². The summed E-state index contributed by atoms with van der Waals surface area (Å²) in [5, 5.41) is 3.08. The minimum atomic E-state index is -0.0508. The molecule has 1 amide bonds. The van der Waals surface area contributed by atoms with Crippen molar-refractivity contribution in [1.29, 1.82) is 0 Å². The van der Waals surface area contributed by atoms with Gasteiger partial charge in [-0.05, 0) is 60.8 Å². The normalized spacial score (nSPS) is 12.5. The molecule has 1 unspecified atom stereocenters. The highest BCUT2D eigenvalue weighted by Gasteiger charge is 2.18. The summed E-state index contributed by atoms with van der Waals surface area (Å²) in [7, 11) is 0. The van der Waals surface area contributed by atoms with Crippen LogP contribution in [0.2, 0.25) is 0 Å². The van der Waals surface area contributed by atoms with Crippen LogP contribution in [0.25, 0.3) is 0 Å². The molecule has 0 saturated carbocycles. The van der Waals surface area contributed by atoms with Crippen molar-refractivity contribution in [3.63, 3.8) is 0 Å². The van der Waals surface area contributed by atoms with Gasteiger partial charge < -0.3 is 9.88 Å². The fourth-order valence-electron chi connectivity index (χ4n) is 2.48. The van der Waals surface area contributed by atoms with E-state index in [0.29, 0.717) is 5.69 Å².